The van der Waals surface area contributed by atoms with E-state index in [4.69, 9.17) is 0 Å². The molecular formula is C18H15N5O2S. The molecule has 26 heavy (non-hydrogen) atoms. The Morgan fingerprint density at radius 3 is 2.69 bits per heavy atom. The first kappa shape index (κ1) is 16.5. The standard InChI is InChI=1S/C18H15N5O2S/c1-11-4-2-3-5-13(11)23-15(24)10-14(17(23)25)26-18-20-16(21-22-18)12-6-8-19-9-7-12/h2-9,14H,10H2,1H3,(H,20,21,22). The van der Waals surface area contributed by atoms with E-state index >= 15 is 0 Å². The Hall–Kier alpha value is -3.00. The lowest BCUT2D eigenvalue weighted by Crippen LogP contribution is -2.31. The van der Waals surface area contributed by atoms with E-state index in [1.165, 1.54) is 16.7 Å². The summed E-state index contributed by atoms with van der Waals surface area (Å²) in [6.45, 7) is 1.88. The van der Waals surface area contributed by atoms with Gasteiger partial charge in [0.15, 0.2) is 5.82 Å². The Labute approximate surface area is 153 Å². The fourth-order valence-corrected chi connectivity index (χ4v) is 3.76. The highest BCUT2D eigenvalue weighted by molar-refractivity contribution is 8.00. The highest BCUT2D eigenvalue weighted by Crippen LogP contribution is 2.34. The molecule has 130 valence electrons. The average Bonchev–Trinajstić information content (AvgIpc) is 3.22. The van der Waals surface area contributed by atoms with Gasteiger partial charge in [-0.3, -0.25) is 19.7 Å². The van der Waals surface area contributed by atoms with Crippen LogP contribution in [0.4, 0.5) is 5.69 Å². The number of aryl methyl sites for hydroxylation is 1. The third kappa shape index (κ3) is 2.99. The van der Waals surface area contributed by atoms with Gasteiger partial charge in [0, 0.05) is 24.4 Å². The van der Waals surface area contributed by atoms with Crippen molar-refractivity contribution in [2.45, 2.75) is 23.8 Å². The predicted molar refractivity (Wildman–Crippen MR) is 97.5 cm³/mol. The Kier molecular flexibility index (Phi) is 4.26. The Balaban J connectivity index is 1.53. The molecule has 1 atom stereocenters. The minimum Gasteiger partial charge on any atom is -0.274 e. The molecule has 0 aliphatic carbocycles. The summed E-state index contributed by atoms with van der Waals surface area (Å²) in [5.41, 5.74) is 2.38. The first-order chi connectivity index (χ1) is 12.6. The number of rotatable bonds is 4. The first-order valence-corrected chi connectivity index (χ1v) is 8.93. The third-order valence-corrected chi connectivity index (χ3v) is 5.17. The van der Waals surface area contributed by atoms with Crippen molar-refractivity contribution >= 4 is 29.3 Å². The Morgan fingerprint density at radius 2 is 1.92 bits per heavy atom. The molecule has 8 heteroatoms. The third-order valence-electron chi connectivity index (χ3n) is 4.13. The number of nitrogens with one attached hydrogen (secondary N) is 1. The van der Waals surface area contributed by atoms with Crippen LogP contribution in [0.1, 0.15) is 12.0 Å². The van der Waals surface area contributed by atoms with E-state index in [0.29, 0.717) is 16.7 Å². The van der Waals surface area contributed by atoms with Gasteiger partial charge in [0.05, 0.1) is 5.69 Å². The van der Waals surface area contributed by atoms with Crippen LogP contribution in [0.25, 0.3) is 11.4 Å². The largest absolute Gasteiger partial charge is 0.274 e. The van der Waals surface area contributed by atoms with Crippen LogP contribution >= 0.6 is 11.8 Å². The summed E-state index contributed by atoms with van der Waals surface area (Å²) in [5, 5.41) is 6.92. The van der Waals surface area contributed by atoms with Crippen LogP contribution in [-0.4, -0.2) is 37.2 Å². The first-order valence-electron chi connectivity index (χ1n) is 8.05. The van der Waals surface area contributed by atoms with Crippen molar-refractivity contribution in [2.24, 2.45) is 0 Å². The van der Waals surface area contributed by atoms with Gasteiger partial charge in [-0.15, -0.1) is 5.10 Å². The van der Waals surface area contributed by atoms with Crippen molar-refractivity contribution in [3.8, 4) is 11.4 Å². The van der Waals surface area contributed by atoms with Gasteiger partial charge in [-0.1, -0.05) is 30.0 Å². The zero-order chi connectivity index (χ0) is 18.1. The van der Waals surface area contributed by atoms with E-state index in [-0.39, 0.29) is 18.2 Å². The molecule has 1 fully saturated rings. The van der Waals surface area contributed by atoms with Crippen LogP contribution in [0.15, 0.2) is 53.9 Å². The maximum absolute atomic E-state index is 12.8. The number of aromatic nitrogens is 4. The molecule has 0 saturated carbocycles. The molecule has 0 bridgehead atoms. The molecule has 0 spiro atoms. The average molecular weight is 365 g/mol. The van der Waals surface area contributed by atoms with Gasteiger partial charge in [0.25, 0.3) is 0 Å². The predicted octanol–water partition coefficient (Wildman–Crippen LogP) is 2.60. The molecule has 2 aromatic heterocycles. The van der Waals surface area contributed by atoms with Crippen LogP contribution < -0.4 is 4.90 Å². The highest BCUT2D eigenvalue weighted by Gasteiger charge is 2.41. The minimum atomic E-state index is -0.525. The molecule has 1 unspecified atom stereocenters. The number of para-hydroxylation sites is 1. The summed E-state index contributed by atoms with van der Waals surface area (Å²) in [7, 11) is 0. The maximum Gasteiger partial charge on any atom is 0.247 e. The van der Waals surface area contributed by atoms with E-state index in [1.54, 1.807) is 18.5 Å². The quantitative estimate of drug-likeness (QED) is 0.715. The number of hydrogen-bond donors (Lipinski definition) is 1. The normalized spacial score (nSPS) is 17.1. The number of H-pyrrole nitrogens is 1. The van der Waals surface area contributed by atoms with Crippen LogP contribution in [-0.2, 0) is 9.59 Å². The molecule has 1 aliphatic rings. The molecule has 7 nitrogen and oxygen atoms in total. The topological polar surface area (TPSA) is 91.8 Å². The van der Waals surface area contributed by atoms with Gasteiger partial charge in [0.1, 0.15) is 5.25 Å². The minimum absolute atomic E-state index is 0.136. The molecular weight excluding hydrogens is 350 g/mol. The molecule has 2 amide bonds. The van der Waals surface area contributed by atoms with E-state index in [1.807, 2.05) is 37.3 Å². The van der Waals surface area contributed by atoms with Crippen molar-refractivity contribution < 1.29 is 9.59 Å². The monoisotopic (exact) mass is 365 g/mol. The van der Waals surface area contributed by atoms with Crippen molar-refractivity contribution in [3.63, 3.8) is 0 Å². The lowest BCUT2D eigenvalue weighted by Gasteiger charge is -2.16. The van der Waals surface area contributed by atoms with E-state index in [2.05, 4.69) is 20.2 Å². The number of hydrogen-bond acceptors (Lipinski definition) is 6. The molecule has 3 heterocycles. The van der Waals surface area contributed by atoms with Gasteiger partial charge >= 0.3 is 0 Å². The van der Waals surface area contributed by atoms with E-state index in [9.17, 15) is 9.59 Å². The number of thioether (sulfide) groups is 1. The maximum atomic E-state index is 12.8. The summed E-state index contributed by atoms with van der Waals surface area (Å²) in [5.74, 6) is 0.165. The smallest absolute Gasteiger partial charge is 0.247 e. The number of carbonyl (C=O) groups is 2. The van der Waals surface area contributed by atoms with Gasteiger partial charge in [-0.25, -0.2) is 9.88 Å². The van der Waals surface area contributed by atoms with Crippen molar-refractivity contribution in [1.29, 1.82) is 0 Å². The summed E-state index contributed by atoms with van der Waals surface area (Å²) in [4.78, 5) is 34.8. The van der Waals surface area contributed by atoms with Crippen LogP contribution in [0, 0.1) is 6.92 Å². The Morgan fingerprint density at radius 1 is 1.15 bits per heavy atom. The summed E-state index contributed by atoms with van der Waals surface area (Å²) in [6.07, 6.45) is 3.48. The van der Waals surface area contributed by atoms with Gasteiger partial charge < -0.3 is 0 Å². The molecule has 1 N–H and O–H groups in total. The van der Waals surface area contributed by atoms with Gasteiger partial charge in [0.2, 0.25) is 17.0 Å². The number of benzene rings is 1. The SMILES string of the molecule is Cc1ccccc1N1C(=O)CC(Sc2n[nH]c(-c3ccncc3)n2)C1=O. The summed E-state index contributed by atoms with van der Waals surface area (Å²) >= 11 is 1.20. The number of carbonyl (C=O) groups excluding carboxylic acids is 2. The number of anilines is 1. The lowest BCUT2D eigenvalue weighted by atomic mass is 10.2. The fraction of sp³-hybridized carbons (Fsp3) is 0.167. The Bertz CT molecular complexity index is 972. The fourth-order valence-electron chi connectivity index (χ4n) is 2.83. The number of aromatic amines is 1. The van der Waals surface area contributed by atoms with Crippen LogP contribution in [0.2, 0.25) is 0 Å². The number of nitrogens with zero attached hydrogens (tertiary/aromatic N) is 4. The van der Waals surface area contributed by atoms with Crippen LogP contribution in [0.5, 0.6) is 0 Å². The van der Waals surface area contributed by atoms with Crippen molar-refractivity contribution in [2.75, 3.05) is 4.90 Å². The number of amides is 2. The number of imide groups is 1. The molecule has 1 aliphatic heterocycles. The zero-order valence-electron chi connectivity index (χ0n) is 13.9. The molecule has 3 aromatic rings. The van der Waals surface area contributed by atoms with E-state index in [0.717, 1.165) is 11.1 Å². The second-order valence-corrected chi connectivity index (χ2v) is 7.04. The highest BCUT2D eigenvalue weighted by atomic mass is 32.2. The van der Waals surface area contributed by atoms with Crippen molar-refractivity contribution in [1.82, 2.24) is 20.2 Å². The molecule has 0 radical (unpaired) electrons. The second-order valence-electron chi connectivity index (χ2n) is 5.87. The van der Waals surface area contributed by atoms with Crippen LogP contribution in [0.3, 0.4) is 0 Å². The summed E-state index contributed by atoms with van der Waals surface area (Å²) in [6, 6.07) is 11.0. The molecule has 1 saturated heterocycles. The zero-order valence-corrected chi connectivity index (χ0v) is 14.7. The molecule has 1 aromatic carbocycles. The number of pyridine rings is 1. The van der Waals surface area contributed by atoms with Crippen molar-refractivity contribution in [3.05, 3.63) is 54.4 Å². The van der Waals surface area contributed by atoms with Gasteiger partial charge in [-0.05, 0) is 30.7 Å². The lowest BCUT2D eigenvalue weighted by molar-refractivity contribution is -0.121. The summed E-state index contributed by atoms with van der Waals surface area (Å²) < 4.78 is 0. The van der Waals surface area contributed by atoms with E-state index < -0.39 is 5.25 Å². The molecule has 4 rings (SSSR count). The van der Waals surface area contributed by atoms with Gasteiger partial charge in [-0.2, -0.15) is 0 Å². The second kappa shape index (κ2) is 6.72.